The minimum Gasteiger partial charge on any atom is -0.545 e. The number of anilines is 1. The van der Waals surface area contributed by atoms with Gasteiger partial charge in [0.05, 0.1) is 21.6 Å². The van der Waals surface area contributed by atoms with Crippen LogP contribution in [0.4, 0.5) is 10.1 Å². The molecule has 0 spiro atoms. The van der Waals surface area contributed by atoms with Crippen molar-refractivity contribution in [3.05, 3.63) is 58.9 Å². The Kier molecular flexibility index (Phi) is 4.15. The zero-order valence-electron chi connectivity index (χ0n) is 10.3. The summed E-state index contributed by atoms with van der Waals surface area (Å²) in [6.07, 6.45) is 0. The molecule has 0 unspecified atom stereocenters. The monoisotopic (exact) mass is 328 g/mol. The molecule has 0 heterocycles. The maximum absolute atomic E-state index is 13.0. The molecule has 0 aliphatic rings. The van der Waals surface area contributed by atoms with Gasteiger partial charge in [0.2, 0.25) is 0 Å². The third-order valence-corrected chi connectivity index (χ3v) is 4.22. The first-order valence-corrected chi connectivity index (χ1v) is 7.45. The molecule has 5 nitrogen and oxygen atoms in total. The summed E-state index contributed by atoms with van der Waals surface area (Å²) in [5.41, 5.74) is -0.213. The van der Waals surface area contributed by atoms with Crippen molar-refractivity contribution in [1.82, 2.24) is 0 Å². The third kappa shape index (κ3) is 3.50. The molecule has 0 atom stereocenters. The first kappa shape index (κ1) is 15.3. The van der Waals surface area contributed by atoms with Crippen LogP contribution in [0.2, 0.25) is 5.02 Å². The second kappa shape index (κ2) is 5.71. The molecule has 0 radical (unpaired) electrons. The van der Waals surface area contributed by atoms with Gasteiger partial charge in [-0.3, -0.25) is 4.72 Å². The lowest BCUT2D eigenvalue weighted by atomic mass is 10.2. The molecule has 0 bridgehead atoms. The summed E-state index contributed by atoms with van der Waals surface area (Å²) in [5, 5.41) is 10.5. The molecule has 0 amide bonds. The summed E-state index contributed by atoms with van der Waals surface area (Å²) in [5.74, 6) is -2.17. The SMILES string of the molecule is O=C([O-])c1cccc(S(=O)(=O)Nc2ccc(F)c(Cl)c2)c1. The molecule has 2 aromatic rings. The van der Waals surface area contributed by atoms with E-state index in [2.05, 4.69) is 4.72 Å². The van der Waals surface area contributed by atoms with Crippen LogP contribution in [0.5, 0.6) is 0 Å². The summed E-state index contributed by atoms with van der Waals surface area (Å²) >= 11 is 5.56. The minimum atomic E-state index is -4.02. The molecular weight excluding hydrogens is 321 g/mol. The predicted molar refractivity (Wildman–Crippen MR) is 73.0 cm³/mol. The fourth-order valence-corrected chi connectivity index (χ4v) is 2.84. The molecule has 1 N–H and O–H groups in total. The van der Waals surface area contributed by atoms with E-state index in [9.17, 15) is 22.7 Å². The summed E-state index contributed by atoms with van der Waals surface area (Å²) in [6, 6.07) is 7.99. The Balaban J connectivity index is 2.36. The number of benzene rings is 2. The number of sulfonamides is 1. The Morgan fingerprint density at radius 2 is 1.90 bits per heavy atom. The summed E-state index contributed by atoms with van der Waals surface area (Å²) in [6.45, 7) is 0. The van der Waals surface area contributed by atoms with Crippen LogP contribution in [0.3, 0.4) is 0 Å². The van der Waals surface area contributed by atoms with Crippen LogP contribution in [0.1, 0.15) is 10.4 Å². The van der Waals surface area contributed by atoms with E-state index < -0.39 is 21.8 Å². The molecule has 2 aromatic carbocycles. The van der Waals surface area contributed by atoms with E-state index in [0.717, 1.165) is 18.2 Å². The second-order valence-electron chi connectivity index (χ2n) is 4.05. The highest BCUT2D eigenvalue weighted by Gasteiger charge is 2.15. The standard InChI is InChI=1S/C13H9ClFNO4S/c14-11-7-9(4-5-12(11)15)16-21(19,20)10-3-1-2-8(6-10)13(17)18/h1-7,16H,(H,17,18)/p-1. The Labute approximate surface area is 125 Å². The molecule has 0 saturated carbocycles. The lowest BCUT2D eigenvalue weighted by Crippen LogP contribution is -2.23. The van der Waals surface area contributed by atoms with Gasteiger partial charge < -0.3 is 9.90 Å². The number of carboxylic acids is 1. The van der Waals surface area contributed by atoms with Crippen molar-refractivity contribution in [1.29, 1.82) is 0 Å². The molecule has 0 aromatic heterocycles. The number of aromatic carboxylic acids is 1. The molecule has 21 heavy (non-hydrogen) atoms. The lowest BCUT2D eigenvalue weighted by molar-refractivity contribution is -0.255. The fraction of sp³-hybridized carbons (Fsp3) is 0. The number of carboxylic acid groups (broad SMARTS) is 1. The largest absolute Gasteiger partial charge is 0.545 e. The molecular formula is C13H8ClFNO4S-. The first-order chi connectivity index (χ1) is 9.79. The van der Waals surface area contributed by atoms with Crippen LogP contribution >= 0.6 is 11.6 Å². The summed E-state index contributed by atoms with van der Waals surface area (Å²) in [7, 11) is -4.02. The predicted octanol–water partition coefficient (Wildman–Crippen LogP) is 1.64. The molecule has 2 rings (SSSR count). The number of carbonyl (C=O) groups excluding carboxylic acids is 1. The Hall–Kier alpha value is -2.12. The summed E-state index contributed by atoms with van der Waals surface area (Å²) in [4.78, 5) is 10.5. The van der Waals surface area contributed by atoms with Crippen molar-refractivity contribution < 1.29 is 22.7 Å². The van der Waals surface area contributed by atoms with Crippen molar-refractivity contribution in [2.75, 3.05) is 4.72 Å². The van der Waals surface area contributed by atoms with E-state index in [0.29, 0.717) is 0 Å². The number of halogens is 2. The van der Waals surface area contributed by atoms with E-state index in [1.165, 1.54) is 24.3 Å². The first-order valence-electron chi connectivity index (χ1n) is 5.59. The van der Waals surface area contributed by atoms with E-state index in [4.69, 9.17) is 11.6 Å². The quantitative estimate of drug-likeness (QED) is 0.924. The Morgan fingerprint density at radius 1 is 1.19 bits per heavy atom. The minimum absolute atomic E-state index is 0.0558. The van der Waals surface area contributed by atoms with Crippen LogP contribution in [0, 0.1) is 5.82 Å². The number of nitrogens with one attached hydrogen (secondary N) is 1. The number of rotatable bonds is 4. The molecule has 0 aliphatic carbocycles. The smallest absolute Gasteiger partial charge is 0.261 e. The second-order valence-corrected chi connectivity index (χ2v) is 6.14. The third-order valence-electron chi connectivity index (χ3n) is 2.55. The number of hydrogen-bond donors (Lipinski definition) is 1. The molecule has 110 valence electrons. The highest BCUT2D eigenvalue weighted by atomic mass is 35.5. The van der Waals surface area contributed by atoms with Crippen LogP contribution in [0.15, 0.2) is 47.4 Å². The Morgan fingerprint density at radius 3 is 2.52 bits per heavy atom. The van der Waals surface area contributed by atoms with E-state index >= 15 is 0 Å². The van der Waals surface area contributed by atoms with Gasteiger partial charge in [0.15, 0.2) is 0 Å². The van der Waals surface area contributed by atoms with Gasteiger partial charge >= 0.3 is 0 Å². The van der Waals surface area contributed by atoms with Gasteiger partial charge in [-0.1, -0.05) is 23.7 Å². The van der Waals surface area contributed by atoms with Gasteiger partial charge in [0.1, 0.15) is 5.82 Å². The maximum atomic E-state index is 13.0. The topological polar surface area (TPSA) is 86.3 Å². The average Bonchev–Trinajstić information content (AvgIpc) is 2.43. The van der Waals surface area contributed by atoms with E-state index in [1.807, 2.05) is 0 Å². The fourth-order valence-electron chi connectivity index (χ4n) is 1.56. The van der Waals surface area contributed by atoms with Crippen molar-refractivity contribution >= 4 is 33.3 Å². The lowest BCUT2D eigenvalue weighted by Gasteiger charge is -2.10. The van der Waals surface area contributed by atoms with E-state index in [1.54, 1.807) is 0 Å². The van der Waals surface area contributed by atoms with Gasteiger partial charge in [-0.2, -0.15) is 0 Å². The van der Waals surface area contributed by atoms with Gasteiger partial charge in [-0.25, -0.2) is 12.8 Å². The van der Waals surface area contributed by atoms with Crippen molar-refractivity contribution in [2.45, 2.75) is 4.90 Å². The molecule has 0 saturated heterocycles. The highest BCUT2D eigenvalue weighted by Crippen LogP contribution is 2.22. The van der Waals surface area contributed by atoms with Gasteiger partial charge in [0, 0.05) is 0 Å². The van der Waals surface area contributed by atoms with Crippen molar-refractivity contribution in [3.63, 3.8) is 0 Å². The van der Waals surface area contributed by atoms with Crippen LogP contribution in [0.25, 0.3) is 0 Å². The molecule has 8 heteroatoms. The van der Waals surface area contributed by atoms with Gasteiger partial charge in [0.25, 0.3) is 10.0 Å². The van der Waals surface area contributed by atoms with E-state index in [-0.39, 0.29) is 21.2 Å². The molecule has 0 fully saturated rings. The van der Waals surface area contributed by atoms with Crippen molar-refractivity contribution in [2.24, 2.45) is 0 Å². The zero-order valence-corrected chi connectivity index (χ0v) is 11.9. The average molecular weight is 329 g/mol. The summed E-state index contributed by atoms with van der Waals surface area (Å²) < 4.78 is 39.4. The molecule has 0 aliphatic heterocycles. The van der Waals surface area contributed by atoms with Gasteiger partial charge in [-0.05, 0) is 35.9 Å². The highest BCUT2D eigenvalue weighted by molar-refractivity contribution is 7.92. The number of carbonyl (C=O) groups is 1. The zero-order chi connectivity index (χ0) is 15.6. The van der Waals surface area contributed by atoms with Crippen LogP contribution < -0.4 is 9.83 Å². The number of hydrogen-bond acceptors (Lipinski definition) is 4. The van der Waals surface area contributed by atoms with Gasteiger partial charge in [-0.15, -0.1) is 0 Å². The van der Waals surface area contributed by atoms with Crippen LogP contribution in [-0.4, -0.2) is 14.4 Å². The van der Waals surface area contributed by atoms with Crippen LogP contribution in [-0.2, 0) is 10.0 Å². The normalized spacial score (nSPS) is 11.1. The Bertz CT molecular complexity index is 808. The van der Waals surface area contributed by atoms with Crippen molar-refractivity contribution in [3.8, 4) is 0 Å². The maximum Gasteiger partial charge on any atom is 0.261 e.